The van der Waals surface area contributed by atoms with E-state index in [2.05, 4.69) is 15.3 Å². The number of rotatable bonds is 6. The van der Waals surface area contributed by atoms with Crippen molar-refractivity contribution in [3.8, 4) is 11.8 Å². The van der Waals surface area contributed by atoms with E-state index in [0.717, 1.165) is 5.56 Å². The number of aromatic nitrogens is 2. The maximum atomic E-state index is 12.3. The Bertz CT molecular complexity index is 857. The molecule has 1 amide bonds. The molecule has 0 saturated carbocycles. The number of nitrogens with zero attached hydrogens (tertiary/aromatic N) is 2. The first-order valence-corrected chi connectivity index (χ1v) is 8.54. The Balaban J connectivity index is 1.65. The summed E-state index contributed by atoms with van der Waals surface area (Å²) >= 11 is 0. The van der Waals surface area contributed by atoms with Crippen LogP contribution in [0.25, 0.3) is 0 Å². The average molecular weight is 347 g/mol. The van der Waals surface area contributed by atoms with Crippen LogP contribution in [0.2, 0.25) is 0 Å². The van der Waals surface area contributed by atoms with Crippen molar-refractivity contribution in [2.45, 2.75) is 26.7 Å². The van der Waals surface area contributed by atoms with Crippen LogP contribution in [-0.4, -0.2) is 15.9 Å². The number of nitrogens with one attached hydrogen (secondary N) is 1. The lowest BCUT2D eigenvalue weighted by Gasteiger charge is -2.12. The zero-order valence-corrected chi connectivity index (χ0v) is 14.9. The Labute approximate surface area is 153 Å². The molecular weight excluding hydrogens is 326 g/mol. The number of carbonyl (C=O) groups excluding carboxylic acids is 1. The second kappa shape index (κ2) is 8.25. The molecule has 0 spiro atoms. The molecule has 0 radical (unpaired) electrons. The summed E-state index contributed by atoms with van der Waals surface area (Å²) in [5.74, 6) is 0.617. The highest BCUT2D eigenvalue weighted by Gasteiger charge is 2.13. The summed E-state index contributed by atoms with van der Waals surface area (Å²) in [5, 5.41) is 2.92. The Morgan fingerprint density at radius 3 is 2.12 bits per heavy atom. The van der Waals surface area contributed by atoms with E-state index in [4.69, 9.17) is 4.74 Å². The van der Waals surface area contributed by atoms with Gasteiger partial charge in [0.05, 0.1) is 17.1 Å². The largest absolute Gasteiger partial charge is 0.424 e. The van der Waals surface area contributed by atoms with Crippen molar-refractivity contribution in [3.05, 3.63) is 77.6 Å². The summed E-state index contributed by atoms with van der Waals surface area (Å²) in [6.07, 6.45) is 1.10. The van der Waals surface area contributed by atoms with Gasteiger partial charge in [0.15, 0.2) is 0 Å². The van der Waals surface area contributed by atoms with E-state index < -0.39 is 0 Å². The third-order valence-corrected chi connectivity index (χ3v) is 3.95. The smallest absolute Gasteiger partial charge is 0.322 e. The SMILES string of the molecule is Cc1nc(Oc2ccccc2)nc(C)c1NC(=O)CCc1ccccc1. The van der Waals surface area contributed by atoms with Gasteiger partial charge in [-0.15, -0.1) is 0 Å². The van der Waals surface area contributed by atoms with E-state index in [1.165, 1.54) is 0 Å². The second-order valence-electron chi connectivity index (χ2n) is 6.00. The van der Waals surface area contributed by atoms with Crippen LogP contribution in [-0.2, 0) is 11.2 Å². The topological polar surface area (TPSA) is 64.1 Å². The van der Waals surface area contributed by atoms with Crippen molar-refractivity contribution < 1.29 is 9.53 Å². The summed E-state index contributed by atoms with van der Waals surface area (Å²) in [5.41, 5.74) is 3.13. The van der Waals surface area contributed by atoms with Gasteiger partial charge in [-0.05, 0) is 38.0 Å². The highest BCUT2D eigenvalue weighted by Crippen LogP contribution is 2.23. The molecule has 0 aliphatic rings. The van der Waals surface area contributed by atoms with Crippen LogP contribution in [0.4, 0.5) is 5.69 Å². The second-order valence-corrected chi connectivity index (χ2v) is 6.00. The van der Waals surface area contributed by atoms with Gasteiger partial charge in [0, 0.05) is 6.42 Å². The Morgan fingerprint density at radius 1 is 0.923 bits per heavy atom. The van der Waals surface area contributed by atoms with Crippen LogP contribution in [0.3, 0.4) is 0 Å². The summed E-state index contributed by atoms with van der Waals surface area (Å²) in [6, 6.07) is 19.6. The van der Waals surface area contributed by atoms with Gasteiger partial charge in [-0.1, -0.05) is 48.5 Å². The number of hydrogen-bond acceptors (Lipinski definition) is 4. The van der Waals surface area contributed by atoms with Crippen molar-refractivity contribution in [1.29, 1.82) is 0 Å². The normalized spacial score (nSPS) is 10.4. The molecule has 3 rings (SSSR count). The molecule has 3 aromatic rings. The van der Waals surface area contributed by atoms with Crippen molar-refractivity contribution in [3.63, 3.8) is 0 Å². The molecule has 2 aromatic carbocycles. The monoisotopic (exact) mass is 347 g/mol. The molecule has 1 aromatic heterocycles. The van der Waals surface area contributed by atoms with Gasteiger partial charge < -0.3 is 10.1 Å². The van der Waals surface area contributed by atoms with Crippen molar-refractivity contribution >= 4 is 11.6 Å². The van der Waals surface area contributed by atoms with Crippen LogP contribution in [0.15, 0.2) is 60.7 Å². The number of benzene rings is 2. The third kappa shape index (κ3) is 4.66. The van der Waals surface area contributed by atoms with Crippen LogP contribution in [0.1, 0.15) is 23.4 Å². The minimum Gasteiger partial charge on any atom is -0.424 e. The molecule has 0 atom stereocenters. The van der Waals surface area contributed by atoms with E-state index in [1.54, 1.807) is 0 Å². The lowest BCUT2D eigenvalue weighted by Crippen LogP contribution is -2.15. The molecule has 5 nitrogen and oxygen atoms in total. The minimum atomic E-state index is -0.0552. The fraction of sp³-hybridized carbons (Fsp3) is 0.190. The zero-order valence-electron chi connectivity index (χ0n) is 14.9. The van der Waals surface area contributed by atoms with Gasteiger partial charge in [-0.3, -0.25) is 4.79 Å². The first-order chi connectivity index (χ1) is 12.6. The number of anilines is 1. The van der Waals surface area contributed by atoms with E-state index in [9.17, 15) is 4.79 Å². The van der Waals surface area contributed by atoms with E-state index in [0.29, 0.717) is 35.7 Å². The first kappa shape index (κ1) is 17.6. The van der Waals surface area contributed by atoms with Crippen molar-refractivity contribution in [2.75, 3.05) is 5.32 Å². The zero-order chi connectivity index (χ0) is 18.4. The van der Waals surface area contributed by atoms with Crippen molar-refractivity contribution in [1.82, 2.24) is 9.97 Å². The lowest BCUT2D eigenvalue weighted by atomic mass is 10.1. The summed E-state index contributed by atoms with van der Waals surface area (Å²) in [4.78, 5) is 21.0. The number of aryl methyl sites for hydroxylation is 3. The number of carbonyl (C=O) groups is 1. The standard InChI is InChI=1S/C21H21N3O2/c1-15-20(24-19(25)14-13-17-9-5-3-6-10-17)16(2)23-21(22-15)26-18-11-7-4-8-12-18/h3-12H,13-14H2,1-2H3,(H,24,25). The fourth-order valence-corrected chi connectivity index (χ4v) is 2.61. The van der Waals surface area contributed by atoms with Crippen LogP contribution >= 0.6 is 0 Å². The van der Waals surface area contributed by atoms with Gasteiger partial charge in [0.25, 0.3) is 0 Å². The van der Waals surface area contributed by atoms with E-state index in [-0.39, 0.29) is 11.9 Å². The Kier molecular flexibility index (Phi) is 5.59. The quantitative estimate of drug-likeness (QED) is 0.715. The number of amides is 1. The molecule has 1 heterocycles. The highest BCUT2D eigenvalue weighted by molar-refractivity contribution is 5.91. The molecule has 132 valence electrons. The predicted octanol–water partition coefficient (Wildman–Crippen LogP) is 4.46. The molecule has 0 saturated heterocycles. The summed E-state index contributed by atoms with van der Waals surface area (Å²) in [7, 11) is 0. The van der Waals surface area contributed by atoms with Gasteiger partial charge in [0.2, 0.25) is 5.91 Å². The first-order valence-electron chi connectivity index (χ1n) is 8.54. The molecule has 0 unspecified atom stereocenters. The van der Waals surface area contributed by atoms with Gasteiger partial charge in [-0.2, -0.15) is 9.97 Å². The maximum Gasteiger partial charge on any atom is 0.322 e. The van der Waals surface area contributed by atoms with Gasteiger partial charge in [0.1, 0.15) is 5.75 Å². The van der Waals surface area contributed by atoms with Crippen LogP contribution < -0.4 is 10.1 Å². The maximum absolute atomic E-state index is 12.3. The molecule has 0 bridgehead atoms. The molecular formula is C21H21N3O2. The number of ether oxygens (including phenoxy) is 1. The molecule has 0 fully saturated rings. The molecule has 0 aliphatic carbocycles. The summed E-state index contributed by atoms with van der Waals surface area (Å²) in [6.45, 7) is 3.67. The third-order valence-electron chi connectivity index (χ3n) is 3.95. The fourth-order valence-electron chi connectivity index (χ4n) is 2.61. The van der Waals surface area contributed by atoms with E-state index >= 15 is 0 Å². The number of para-hydroxylation sites is 1. The van der Waals surface area contributed by atoms with Crippen LogP contribution in [0, 0.1) is 13.8 Å². The number of hydrogen-bond donors (Lipinski definition) is 1. The molecule has 5 heteroatoms. The van der Waals surface area contributed by atoms with Gasteiger partial charge >= 0.3 is 6.01 Å². The average Bonchev–Trinajstić information content (AvgIpc) is 2.65. The Hall–Kier alpha value is -3.21. The molecule has 1 N–H and O–H groups in total. The Morgan fingerprint density at radius 2 is 1.50 bits per heavy atom. The van der Waals surface area contributed by atoms with Crippen LogP contribution in [0.5, 0.6) is 11.8 Å². The van der Waals surface area contributed by atoms with Gasteiger partial charge in [-0.25, -0.2) is 0 Å². The molecule has 0 aliphatic heterocycles. The lowest BCUT2D eigenvalue weighted by molar-refractivity contribution is -0.116. The molecule has 26 heavy (non-hydrogen) atoms. The highest BCUT2D eigenvalue weighted by atomic mass is 16.5. The van der Waals surface area contributed by atoms with Crippen molar-refractivity contribution in [2.24, 2.45) is 0 Å². The predicted molar refractivity (Wildman–Crippen MR) is 101 cm³/mol. The summed E-state index contributed by atoms with van der Waals surface area (Å²) < 4.78 is 5.67. The van der Waals surface area contributed by atoms with E-state index in [1.807, 2.05) is 74.5 Å². The minimum absolute atomic E-state index is 0.0552.